The number of aromatic hydroxyl groups is 1. The number of carboxylic acid groups (broad SMARTS) is 2. The molecule has 0 aliphatic heterocycles. The van der Waals surface area contributed by atoms with Crippen LogP contribution in [0.4, 0.5) is 0 Å². The van der Waals surface area contributed by atoms with Crippen LogP contribution in [0.1, 0.15) is 11.6 Å². The summed E-state index contributed by atoms with van der Waals surface area (Å²) in [5.74, 6) is 9.42. The zero-order valence-corrected chi connectivity index (χ0v) is 14.4. The SMILES string of the molecule is N.NC(C(=O)O)c1cc(O)ccc1Cl.O=C(O)C#CC#CC#CC(=O)Cl. The minimum atomic E-state index is -1.27. The van der Waals surface area contributed by atoms with Crippen LogP contribution in [0.25, 0.3) is 0 Å². The molecule has 1 aromatic carbocycles. The number of hydrogen-bond acceptors (Lipinski definition) is 6. The van der Waals surface area contributed by atoms with Gasteiger partial charge in [-0.25, -0.2) is 4.79 Å². The van der Waals surface area contributed by atoms with Gasteiger partial charge in [0.2, 0.25) is 0 Å². The van der Waals surface area contributed by atoms with Crippen molar-refractivity contribution in [2.24, 2.45) is 5.73 Å². The van der Waals surface area contributed by atoms with Crippen LogP contribution >= 0.6 is 23.2 Å². The van der Waals surface area contributed by atoms with Gasteiger partial charge in [0.05, 0.1) is 0 Å². The van der Waals surface area contributed by atoms with E-state index in [1.54, 1.807) is 5.92 Å². The molecule has 0 spiro atoms. The average molecular weight is 399 g/mol. The maximum Gasteiger partial charge on any atom is 0.382 e. The molecule has 0 bridgehead atoms. The molecule has 8 N–H and O–H groups in total. The molecule has 0 amide bonds. The number of aliphatic carboxylic acids is 2. The Morgan fingerprint density at radius 1 is 1.04 bits per heavy atom. The van der Waals surface area contributed by atoms with E-state index in [1.807, 2.05) is 11.8 Å². The second kappa shape index (κ2) is 13.1. The highest BCUT2D eigenvalue weighted by molar-refractivity contribution is 6.68. The van der Waals surface area contributed by atoms with Crippen molar-refractivity contribution in [1.29, 1.82) is 0 Å². The topological polar surface area (TPSA) is 173 Å². The van der Waals surface area contributed by atoms with Gasteiger partial charge in [0.1, 0.15) is 11.8 Å². The lowest BCUT2D eigenvalue weighted by molar-refractivity contribution is -0.138. The quantitative estimate of drug-likeness (QED) is 0.364. The zero-order chi connectivity index (χ0) is 19.4. The second-order valence-electron chi connectivity index (χ2n) is 3.85. The van der Waals surface area contributed by atoms with E-state index in [1.165, 1.54) is 18.2 Å². The van der Waals surface area contributed by atoms with Crippen LogP contribution in [0.15, 0.2) is 18.2 Å². The lowest BCUT2D eigenvalue weighted by atomic mass is 10.1. The summed E-state index contributed by atoms with van der Waals surface area (Å²) in [7, 11) is 0. The fourth-order valence-corrected chi connectivity index (χ4v) is 1.41. The van der Waals surface area contributed by atoms with Crippen LogP contribution in [-0.2, 0) is 14.4 Å². The molecule has 0 saturated heterocycles. The van der Waals surface area contributed by atoms with Crippen LogP contribution in [-0.4, -0.2) is 32.5 Å². The fourth-order valence-electron chi connectivity index (χ4n) is 1.13. The Balaban J connectivity index is 0. The largest absolute Gasteiger partial charge is 0.508 e. The van der Waals surface area contributed by atoms with E-state index >= 15 is 0 Å². The number of benzene rings is 1. The van der Waals surface area contributed by atoms with Crippen LogP contribution in [0, 0.1) is 35.5 Å². The van der Waals surface area contributed by atoms with Gasteiger partial charge in [-0.1, -0.05) is 11.6 Å². The molecule has 0 fully saturated rings. The zero-order valence-electron chi connectivity index (χ0n) is 12.9. The average Bonchev–Trinajstić information content (AvgIpc) is 2.52. The number of rotatable bonds is 2. The Hall–Kier alpha value is -3.19. The highest BCUT2D eigenvalue weighted by Crippen LogP contribution is 2.25. The summed E-state index contributed by atoms with van der Waals surface area (Å²) in [5, 5.41) is 25.1. The van der Waals surface area contributed by atoms with E-state index < -0.39 is 23.2 Å². The highest BCUT2D eigenvalue weighted by atomic mass is 35.5. The van der Waals surface area contributed by atoms with Crippen molar-refractivity contribution in [3.8, 4) is 41.3 Å². The third-order valence-corrected chi connectivity index (χ3v) is 2.54. The van der Waals surface area contributed by atoms with Crippen molar-refractivity contribution >= 4 is 40.4 Å². The number of carbonyl (C=O) groups is 3. The molecule has 0 saturated carbocycles. The van der Waals surface area contributed by atoms with Crippen molar-refractivity contribution < 1.29 is 29.7 Å². The summed E-state index contributed by atoms with van der Waals surface area (Å²) in [5.41, 5.74) is 5.52. The van der Waals surface area contributed by atoms with E-state index in [4.69, 9.17) is 44.3 Å². The van der Waals surface area contributed by atoms with Gasteiger partial charge in [-0.2, -0.15) is 0 Å². The Labute approximate surface area is 158 Å². The minimum Gasteiger partial charge on any atom is -0.508 e. The van der Waals surface area contributed by atoms with Crippen LogP contribution < -0.4 is 11.9 Å². The molecule has 0 aliphatic rings. The molecule has 136 valence electrons. The summed E-state index contributed by atoms with van der Waals surface area (Å²) in [4.78, 5) is 30.3. The number of halogens is 2. The molecule has 10 heteroatoms. The molecular weight excluding hydrogens is 387 g/mol. The maximum absolute atomic E-state index is 10.5. The van der Waals surface area contributed by atoms with Crippen LogP contribution in [0.2, 0.25) is 5.02 Å². The summed E-state index contributed by atoms with van der Waals surface area (Å²) < 4.78 is 0. The van der Waals surface area contributed by atoms with E-state index in [0.717, 1.165) is 0 Å². The van der Waals surface area contributed by atoms with Gasteiger partial charge in [0, 0.05) is 22.4 Å². The van der Waals surface area contributed by atoms with E-state index in [9.17, 15) is 14.4 Å². The lowest BCUT2D eigenvalue weighted by Gasteiger charge is -2.08. The van der Waals surface area contributed by atoms with Crippen molar-refractivity contribution in [2.45, 2.75) is 6.04 Å². The minimum absolute atomic E-state index is 0. The highest BCUT2D eigenvalue weighted by Gasteiger charge is 2.17. The normalized spacial score (nSPS) is 8.88. The number of carbonyl (C=O) groups excluding carboxylic acids is 1. The Kier molecular flexibility index (Phi) is 12.7. The third kappa shape index (κ3) is 11.4. The number of phenolic OH excluding ortho intramolecular Hbond substituents is 1. The Morgan fingerprint density at radius 2 is 1.58 bits per heavy atom. The van der Waals surface area contributed by atoms with Crippen molar-refractivity contribution in [1.82, 2.24) is 6.15 Å². The first-order valence-electron chi connectivity index (χ1n) is 6.06. The van der Waals surface area contributed by atoms with Gasteiger partial charge in [-0.3, -0.25) is 9.59 Å². The summed E-state index contributed by atoms with van der Waals surface area (Å²) in [6.07, 6.45) is 0. The van der Waals surface area contributed by atoms with Gasteiger partial charge < -0.3 is 27.2 Å². The molecule has 1 rings (SSSR count). The molecule has 0 aliphatic carbocycles. The van der Waals surface area contributed by atoms with Gasteiger partial charge in [0.15, 0.2) is 0 Å². The van der Waals surface area contributed by atoms with Gasteiger partial charge >= 0.3 is 11.9 Å². The molecule has 26 heavy (non-hydrogen) atoms. The molecule has 0 aromatic heterocycles. The number of carboxylic acids is 2. The predicted molar refractivity (Wildman–Crippen MR) is 94.5 cm³/mol. The first kappa shape index (κ1) is 25.1. The number of nitrogens with two attached hydrogens (primary N) is 1. The molecule has 1 atom stereocenters. The summed E-state index contributed by atoms with van der Waals surface area (Å²) in [6.45, 7) is 0. The smallest absolute Gasteiger partial charge is 0.382 e. The van der Waals surface area contributed by atoms with Crippen LogP contribution in [0.3, 0.4) is 0 Å². The van der Waals surface area contributed by atoms with E-state index in [-0.39, 0.29) is 22.5 Å². The molecule has 1 unspecified atom stereocenters. The predicted octanol–water partition coefficient (Wildman–Crippen LogP) is 1.14. The van der Waals surface area contributed by atoms with Gasteiger partial charge in [0.25, 0.3) is 5.24 Å². The lowest BCUT2D eigenvalue weighted by Crippen LogP contribution is -2.20. The Morgan fingerprint density at radius 3 is 2.04 bits per heavy atom. The fraction of sp³-hybridized carbons (Fsp3) is 0.0625. The number of hydrogen-bond donors (Lipinski definition) is 5. The summed E-state index contributed by atoms with van der Waals surface area (Å²) >= 11 is 10.5. The number of phenols is 1. The monoisotopic (exact) mass is 398 g/mol. The molecule has 8 nitrogen and oxygen atoms in total. The second-order valence-corrected chi connectivity index (χ2v) is 4.60. The first-order valence-corrected chi connectivity index (χ1v) is 6.82. The molecular formula is C16H12Cl2N2O6. The van der Waals surface area contributed by atoms with Crippen molar-refractivity contribution in [2.75, 3.05) is 0 Å². The maximum atomic E-state index is 10.5. The molecule has 0 radical (unpaired) electrons. The van der Waals surface area contributed by atoms with Gasteiger partial charge in [-0.05, 0) is 53.5 Å². The van der Waals surface area contributed by atoms with E-state index in [2.05, 4.69) is 17.8 Å². The summed E-state index contributed by atoms with van der Waals surface area (Å²) in [6, 6.07) is 2.79. The standard InChI is InChI=1S/C8H8ClNO3.C8HClO3.H3N/c9-6-2-1-4(11)3-5(6)7(10)8(12)13;9-7(10)5-3-1-2-4-6-8(11)12;/h1-3,7,11H,10H2,(H,12,13);(H,11,12);1H3. The van der Waals surface area contributed by atoms with Crippen LogP contribution in [0.5, 0.6) is 5.75 Å². The third-order valence-electron chi connectivity index (χ3n) is 2.10. The van der Waals surface area contributed by atoms with Gasteiger partial charge in [-0.15, -0.1) is 0 Å². The van der Waals surface area contributed by atoms with E-state index in [0.29, 0.717) is 0 Å². The first-order chi connectivity index (χ1) is 11.6. The molecule has 1 aromatic rings. The van der Waals surface area contributed by atoms with Crippen molar-refractivity contribution in [3.63, 3.8) is 0 Å². The van der Waals surface area contributed by atoms with Crippen molar-refractivity contribution in [3.05, 3.63) is 28.8 Å². The Bertz CT molecular complexity index is 830. The molecule has 0 heterocycles.